The van der Waals surface area contributed by atoms with Gasteiger partial charge in [-0.1, -0.05) is 6.92 Å². The molecule has 7 nitrogen and oxygen atoms in total. The Hall–Kier alpha value is -1.63. The van der Waals surface area contributed by atoms with Crippen LogP contribution >= 0.6 is 0 Å². The van der Waals surface area contributed by atoms with Gasteiger partial charge in [0.1, 0.15) is 0 Å². The number of carbonyl (C=O) groups is 3. The zero-order valence-corrected chi connectivity index (χ0v) is 12.2. The van der Waals surface area contributed by atoms with Crippen molar-refractivity contribution in [1.82, 2.24) is 9.80 Å². The number of amides is 1. The highest BCUT2D eigenvalue weighted by atomic mass is 16.5. The number of rotatable bonds is 5. The molecule has 0 aliphatic carbocycles. The van der Waals surface area contributed by atoms with Crippen LogP contribution in [0.25, 0.3) is 0 Å². The van der Waals surface area contributed by atoms with Gasteiger partial charge in [0.25, 0.3) is 0 Å². The lowest BCUT2D eigenvalue weighted by Gasteiger charge is -2.41. The number of ketones is 1. The van der Waals surface area contributed by atoms with E-state index in [1.165, 1.54) is 4.90 Å². The molecule has 114 valence electrons. The van der Waals surface area contributed by atoms with Crippen molar-refractivity contribution in [2.75, 3.05) is 26.2 Å². The number of nitrogens with zero attached hydrogens (tertiary/aromatic N) is 2. The van der Waals surface area contributed by atoms with Crippen LogP contribution in [-0.2, 0) is 14.3 Å². The van der Waals surface area contributed by atoms with Crippen molar-refractivity contribution in [2.24, 2.45) is 0 Å². The van der Waals surface area contributed by atoms with E-state index in [4.69, 9.17) is 9.84 Å². The summed E-state index contributed by atoms with van der Waals surface area (Å²) in [5.41, 5.74) is 0. The van der Waals surface area contributed by atoms with Gasteiger partial charge in [0.15, 0.2) is 11.8 Å². The first kappa shape index (κ1) is 16.4. The second kappa shape index (κ2) is 7.23. The highest BCUT2D eigenvalue weighted by Crippen LogP contribution is 2.16. The molecule has 1 N–H and O–H groups in total. The van der Waals surface area contributed by atoms with E-state index < -0.39 is 18.1 Å². The van der Waals surface area contributed by atoms with Gasteiger partial charge in [0.05, 0.1) is 6.61 Å². The summed E-state index contributed by atoms with van der Waals surface area (Å²) in [6.07, 6.45) is -0.735. The summed E-state index contributed by atoms with van der Waals surface area (Å²) < 4.78 is 4.97. The van der Waals surface area contributed by atoms with E-state index in [1.54, 1.807) is 18.7 Å². The maximum Gasteiger partial charge on any atom is 0.407 e. The first-order valence-electron chi connectivity index (χ1n) is 6.85. The number of hydrogen-bond acceptors (Lipinski definition) is 5. The van der Waals surface area contributed by atoms with Crippen LogP contribution < -0.4 is 0 Å². The van der Waals surface area contributed by atoms with Crippen molar-refractivity contribution in [1.29, 1.82) is 0 Å². The van der Waals surface area contributed by atoms with Crippen molar-refractivity contribution >= 4 is 17.8 Å². The third-order valence-electron chi connectivity index (χ3n) is 3.44. The Morgan fingerprint density at radius 1 is 1.30 bits per heavy atom. The largest absolute Gasteiger partial charge is 0.465 e. The van der Waals surface area contributed by atoms with Crippen LogP contribution in [0.4, 0.5) is 4.79 Å². The summed E-state index contributed by atoms with van der Waals surface area (Å²) in [5.74, 6) is -0.742. The highest BCUT2D eigenvalue weighted by Gasteiger charge is 2.39. The van der Waals surface area contributed by atoms with E-state index in [9.17, 15) is 14.4 Å². The van der Waals surface area contributed by atoms with Gasteiger partial charge in [-0.15, -0.1) is 0 Å². The lowest BCUT2D eigenvalue weighted by Crippen LogP contribution is -2.60. The third kappa shape index (κ3) is 3.69. The normalized spacial score (nSPS) is 21.4. The average molecular weight is 286 g/mol. The summed E-state index contributed by atoms with van der Waals surface area (Å²) in [6.45, 7) is 6.33. The quantitative estimate of drug-likeness (QED) is 0.587. The predicted molar refractivity (Wildman–Crippen MR) is 71.5 cm³/mol. The van der Waals surface area contributed by atoms with Gasteiger partial charge >= 0.3 is 12.1 Å². The first-order valence-corrected chi connectivity index (χ1v) is 6.85. The minimum absolute atomic E-state index is 0.195. The number of carboxylic acid groups (broad SMARTS) is 1. The Balaban J connectivity index is 2.84. The van der Waals surface area contributed by atoms with Crippen LogP contribution in [0.2, 0.25) is 0 Å². The number of carbonyl (C=O) groups excluding carboxylic acids is 2. The van der Waals surface area contributed by atoms with Crippen molar-refractivity contribution in [3.05, 3.63) is 0 Å². The van der Waals surface area contributed by atoms with Gasteiger partial charge in [-0.25, -0.2) is 9.59 Å². The van der Waals surface area contributed by atoms with Crippen LogP contribution in [0.15, 0.2) is 0 Å². The van der Waals surface area contributed by atoms with E-state index in [2.05, 4.69) is 0 Å². The fourth-order valence-corrected chi connectivity index (χ4v) is 2.40. The molecule has 0 saturated carbocycles. The van der Waals surface area contributed by atoms with E-state index in [0.29, 0.717) is 6.54 Å². The van der Waals surface area contributed by atoms with Crippen LogP contribution in [0.5, 0.6) is 0 Å². The number of piperazine rings is 1. The molecule has 7 heteroatoms. The van der Waals surface area contributed by atoms with Crippen molar-refractivity contribution in [3.63, 3.8) is 0 Å². The van der Waals surface area contributed by atoms with Gasteiger partial charge in [-0.05, 0) is 13.8 Å². The molecule has 1 unspecified atom stereocenters. The lowest BCUT2D eigenvalue weighted by molar-refractivity contribution is -0.155. The summed E-state index contributed by atoms with van der Waals surface area (Å²) in [5, 5.41) is 8.98. The summed E-state index contributed by atoms with van der Waals surface area (Å²) in [7, 11) is 0. The van der Waals surface area contributed by atoms with Gasteiger partial charge in [0.2, 0.25) is 0 Å². The zero-order chi connectivity index (χ0) is 15.3. The molecule has 0 bridgehead atoms. The molecule has 20 heavy (non-hydrogen) atoms. The summed E-state index contributed by atoms with van der Waals surface area (Å²) in [4.78, 5) is 38.0. The minimum atomic E-state index is -0.981. The van der Waals surface area contributed by atoms with E-state index in [-0.39, 0.29) is 37.9 Å². The van der Waals surface area contributed by atoms with Crippen molar-refractivity contribution in [3.8, 4) is 0 Å². The van der Waals surface area contributed by atoms with Gasteiger partial charge in [-0.2, -0.15) is 0 Å². The van der Waals surface area contributed by atoms with Crippen LogP contribution in [-0.4, -0.2) is 71.1 Å². The molecule has 1 aliphatic rings. The molecule has 2 atom stereocenters. The van der Waals surface area contributed by atoms with Crippen LogP contribution in [0.1, 0.15) is 27.2 Å². The lowest BCUT2D eigenvalue weighted by atomic mass is 10.0. The minimum Gasteiger partial charge on any atom is -0.465 e. The van der Waals surface area contributed by atoms with E-state index in [1.807, 2.05) is 6.92 Å². The molecule has 0 aromatic rings. The maximum atomic E-state index is 12.0. The number of ether oxygens (including phenoxy) is 1. The summed E-state index contributed by atoms with van der Waals surface area (Å²) in [6, 6.07) is -1.13. The molecule has 1 heterocycles. The number of esters is 1. The molecule has 1 fully saturated rings. The fraction of sp³-hybridized carbons (Fsp3) is 0.769. The molecule has 1 rings (SSSR count). The monoisotopic (exact) mass is 286 g/mol. The summed E-state index contributed by atoms with van der Waals surface area (Å²) >= 11 is 0. The molecule has 1 amide bonds. The van der Waals surface area contributed by atoms with E-state index >= 15 is 0 Å². The standard InChI is InChI=1S/C13H22N2O5/c1-4-10(16)11(12(17)20-5-2)15-7-6-14(13(18)19)8-9(15)3/h9,11H,4-8H2,1-3H3,(H,18,19)/t9-,11?/m0/s1. The number of hydrogen-bond donors (Lipinski definition) is 1. The van der Waals surface area contributed by atoms with Crippen LogP contribution in [0, 0.1) is 0 Å². The maximum absolute atomic E-state index is 12.0. The topological polar surface area (TPSA) is 87.2 Å². The predicted octanol–water partition coefficient (Wildman–Crippen LogP) is 0.581. The highest BCUT2D eigenvalue weighted by molar-refractivity contribution is 6.03. The van der Waals surface area contributed by atoms with Crippen molar-refractivity contribution in [2.45, 2.75) is 39.3 Å². The smallest absolute Gasteiger partial charge is 0.407 e. The Morgan fingerprint density at radius 3 is 2.40 bits per heavy atom. The molecule has 1 aliphatic heterocycles. The molecule has 0 spiro atoms. The van der Waals surface area contributed by atoms with Gasteiger partial charge < -0.3 is 14.7 Å². The molecule has 0 radical (unpaired) electrons. The van der Waals surface area contributed by atoms with Crippen LogP contribution in [0.3, 0.4) is 0 Å². The Morgan fingerprint density at radius 2 is 1.95 bits per heavy atom. The first-order chi connectivity index (χ1) is 9.42. The average Bonchev–Trinajstić information content (AvgIpc) is 2.40. The molecular formula is C13H22N2O5. The number of Topliss-reactive ketones (excluding diaryl/α,β-unsaturated/α-hetero) is 1. The third-order valence-corrected chi connectivity index (χ3v) is 3.44. The van der Waals surface area contributed by atoms with Crippen molar-refractivity contribution < 1.29 is 24.2 Å². The van der Waals surface area contributed by atoms with Gasteiger partial charge in [-0.3, -0.25) is 9.69 Å². The molecule has 0 aromatic carbocycles. The SMILES string of the molecule is CCOC(=O)C(C(=O)CC)N1CCN(C(=O)O)C[C@@H]1C. The molecule has 1 saturated heterocycles. The molecule has 0 aromatic heterocycles. The molecular weight excluding hydrogens is 264 g/mol. The Bertz CT molecular complexity index is 385. The Kier molecular flexibility index (Phi) is 5.94. The van der Waals surface area contributed by atoms with E-state index in [0.717, 1.165) is 0 Å². The second-order valence-corrected chi connectivity index (χ2v) is 4.79. The van der Waals surface area contributed by atoms with Gasteiger partial charge in [0, 0.05) is 32.1 Å². The fourth-order valence-electron chi connectivity index (χ4n) is 2.40. The zero-order valence-electron chi connectivity index (χ0n) is 12.2. The second-order valence-electron chi connectivity index (χ2n) is 4.79. The Labute approximate surface area is 118 Å².